The van der Waals surface area contributed by atoms with Crippen LogP contribution in [0, 0.1) is 0 Å². The van der Waals surface area contributed by atoms with E-state index in [4.69, 9.17) is 4.84 Å². The van der Waals surface area contributed by atoms with Gasteiger partial charge in [-0.1, -0.05) is 17.8 Å². The average Bonchev–Trinajstić information content (AvgIpc) is 3.17. The Morgan fingerprint density at radius 3 is 2.90 bits per heavy atom. The van der Waals surface area contributed by atoms with Gasteiger partial charge in [-0.15, -0.1) is 23.1 Å². The summed E-state index contributed by atoms with van der Waals surface area (Å²) < 4.78 is 0. The fourth-order valence-corrected chi connectivity index (χ4v) is 4.80. The van der Waals surface area contributed by atoms with Gasteiger partial charge in [0.1, 0.15) is 29.9 Å². The summed E-state index contributed by atoms with van der Waals surface area (Å²) in [5, 5.41) is 19.2. The van der Waals surface area contributed by atoms with Crippen LogP contribution in [0.1, 0.15) is 5.69 Å². The number of carbonyl (C=O) groups is 4. The molecule has 0 spiro atoms. The van der Waals surface area contributed by atoms with Gasteiger partial charge >= 0.3 is 5.97 Å². The monoisotopic (exact) mass is 437 g/mol. The number of aliphatic carboxylic acids is 1. The first kappa shape index (κ1) is 20.5. The first-order valence-electron chi connectivity index (χ1n) is 8.04. The minimum atomic E-state index is -1.23. The van der Waals surface area contributed by atoms with Crippen molar-refractivity contribution in [2.75, 3.05) is 18.2 Å². The SMILES string of the molecule is C=CC1=C(C(=O)O)N2C(=O)C(NC(=O)/C(=N\OC)c3csc(NC=O)n3)[C@H]2SC1. The number of β-lactam (4-membered cyclic amide) rings is 1. The van der Waals surface area contributed by atoms with Crippen molar-refractivity contribution in [3.8, 4) is 0 Å². The maximum atomic E-state index is 12.7. The number of carboxylic acids is 1. The van der Waals surface area contributed by atoms with Gasteiger partial charge in [-0.25, -0.2) is 9.78 Å². The fourth-order valence-electron chi connectivity index (χ4n) is 2.80. The molecule has 3 N–H and O–H groups in total. The Morgan fingerprint density at radius 1 is 1.52 bits per heavy atom. The molecule has 3 amide bonds. The van der Waals surface area contributed by atoms with Crippen LogP contribution in [0.2, 0.25) is 0 Å². The number of amides is 3. The van der Waals surface area contributed by atoms with E-state index in [1.807, 2.05) is 0 Å². The number of carbonyl (C=O) groups excluding carboxylic acids is 3. The molecule has 1 fully saturated rings. The van der Waals surface area contributed by atoms with Crippen LogP contribution >= 0.6 is 23.1 Å². The van der Waals surface area contributed by atoms with E-state index in [9.17, 15) is 24.3 Å². The number of thioether (sulfide) groups is 1. The number of carboxylic acid groups (broad SMARTS) is 1. The number of aromatic nitrogens is 1. The quantitative estimate of drug-likeness (QED) is 0.222. The highest BCUT2D eigenvalue weighted by Gasteiger charge is 2.54. The second-order valence-electron chi connectivity index (χ2n) is 5.67. The standard InChI is InChI=1S/C16H15N5O6S2/c1-3-7-4-28-14-10(13(24)21(14)11(7)15(25)26)19-12(23)9(20-27-2)8-5-29-16(18-8)17-6-22/h3,5-6,10,14H,1,4H2,2H3,(H,19,23)(H,25,26)(H,17,18,22)/b20-9-/t10?,14-/m1/s1. The summed E-state index contributed by atoms with van der Waals surface area (Å²) in [6.45, 7) is 3.58. The average molecular weight is 437 g/mol. The van der Waals surface area contributed by atoms with Gasteiger partial charge in [0.2, 0.25) is 6.41 Å². The Hall–Kier alpha value is -3.19. The molecular weight excluding hydrogens is 422 g/mol. The summed E-state index contributed by atoms with van der Waals surface area (Å²) in [6, 6.07) is -0.929. The predicted molar refractivity (Wildman–Crippen MR) is 105 cm³/mol. The predicted octanol–water partition coefficient (Wildman–Crippen LogP) is -0.0135. The molecular formula is C16H15N5O6S2. The van der Waals surface area contributed by atoms with Crippen LogP contribution in [0.4, 0.5) is 5.13 Å². The van der Waals surface area contributed by atoms with Crippen molar-refractivity contribution in [2.24, 2.45) is 5.16 Å². The largest absolute Gasteiger partial charge is 0.477 e. The smallest absolute Gasteiger partial charge is 0.352 e. The highest BCUT2D eigenvalue weighted by molar-refractivity contribution is 8.00. The number of hydrogen-bond acceptors (Lipinski definition) is 9. The summed E-state index contributed by atoms with van der Waals surface area (Å²) in [6.07, 6.45) is 1.85. The number of thiazole rings is 1. The van der Waals surface area contributed by atoms with E-state index >= 15 is 0 Å². The van der Waals surface area contributed by atoms with Gasteiger partial charge < -0.3 is 20.6 Å². The van der Waals surface area contributed by atoms with Crippen molar-refractivity contribution in [3.05, 3.63) is 35.0 Å². The minimum absolute atomic E-state index is 0.130. The molecule has 0 aliphatic carbocycles. The molecule has 1 unspecified atom stereocenters. The van der Waals surface area contributed by atoms with E-state index in [2.05, 4.69) is 27.4 Å². The summed E-state index contributed by atoms with van der Waals surface area (Å²) in [7, 11) is 1.25. The lowest BCUT2D eigenvalue weighted by molar-refractivity contribution is -0.150. The molecule has 13 heteroatoms. The van der Waals surface area contributed by atoms with E-state index in [0.717, 1.165) is 16.2 Å². The molecule has 0 radical (unpaired) electrons. The molecule has 29 heavy (non-hydrogen) atoms. The summed E-state index contributed by atoms with van der Waals surface area (Å²) >= 11 is 2.40. The Kier molecular flexibility index (Phi) is 5.98. The van der Waals surface area contributed by atoms with Gasteiger partial charge in [-0.2, -0.15) is 0 Å². The Bertz CT molecular complexity index is 955. The maximum absolute atomic E-state index is 12.7. The third kappa shape index (κ3) is 3.73. The second kappa shape index (κ2) is 8.45. The van der Waals surface area contributed by atoms with Crippen LogP contribution in [0.5, 0.6) is 0 Å². The van der Waals surface area contributed by atoms with Crippen LogP contribution in [0.15, 0.2) is 34.5 Å². The van der Waals surface area contributed by atoms with Gasteiger partial charge in [0.25, 0.3) is 11.8 Å². The Morgan fingerprint density at radius 2 is 2.28 bits per heavy atom. The van der Waals surface area contributed by atoms with Crippen LogP contribution in [-0.4, -0.2) is 69.2 Å². The van der Waals surface area contributed by atoms with Gasteiger partial charge in [0.05, 0.1) is 0 Å². The zero-order chi connectivity index (χ0) is 21.1. The molecule has 3 rings (SSSR count). The highest BCUT2D eigenvalue weighted by atomic mass is 32.2. The molecule has 0 aromatic carbocycles. The van der Waals surface area contributed by atoms with Crippen LogP contribution in [-0.2, 0) is 24.0 Å². The van der Waals surface area contributed by atoms with Crippen molar-refractivity contribution in [1.82, 2.24) is 15.2 Å². The Labute approximate surface area is 172 Å². The molecule has 2 aliphatic rings. The lowest BCUT2D eigenvalue weighted by Crippen LogP contribution is -2.71. The Balaban J connectivity index is 1.78. The summed E-state index contributed by atoms with van der Waals surface area (Å²) in [4.78, 5) is 57.2. The molecule has 2 atom stereocenters. The van der Waals surface area contributed by atoms with Gasteiger partial charge in [-0.05, 0) is 5.57 Å². The third-order valence-corrected chi connectivity index (χ3v) is 6.14. The second-order valence-corrected chi connectivity index (χ2v) is 7.63. The van der Waals surface area contributed by atoms with Gasteiger partial charge in [0.15, 0.2) is 10.8 Å². The number of rotatable bonds is 8. The lowest BCUT2D eigenvalue weighted by atomic mass is 10.0. The third-order valence-electron chi connectivity index (χ3n) is 4.06. The number of fused-ring (bicyclic) bond motifs is 1. The molecule has 2 aliphatic heterocycles. The summed E-state index contributed by atoms with van der Waals surface area (Å²) in [5.41, 5.74) is 0.277. The normalized spacial score (nSPS) is 21.1. The van der Waals surface area contributed by atoms with Crippen molar-refractivity contribution in [3.63, 3.8) is 0 Å². The lowest BCUT2D eigenvalue weighted by Gasteiger charge is -2.49. The number of hydrogen-bond donors (Lipinski definition) is 3. The maximum Gasteiger partial charge on any atom is 0.352 e. The van der Waals surface area contributed by atoms with Crippen molar-refractivity contribution in [2.45, 2.75) is 11.4 Å². The number of oxime groups is 1. The first-order valence-corrected chi connectivity index (χ1v) is 9.97. The molecule has 1 saturated heterocycles. The number of allylic oxidation sites excluding steroid dienone is 1. The number of nitrogens with zero attached hydrogens (tertiary/aromatic N) is 3. The highest BCUT2D eigenvalue weighted by Crippen LogP contribution is 2.40. The van der Waals surface area contributed by atoms with E-state index in [0.29, 0.717) is 17.7 Å². The molecule has 0 bridgehead atoms. The number of nitrogens with one attached hydrogen (secondary N) is 2. The molecule has 152 valence electrons. The van der Waals surface area contributed by atoms with Crippen LogP contribution in [0.3, 0.4) is 0 Å². The zero-order valence-corrected chi connectivity index (χ0v) is 16.6. The van der Waals surface area contributed by atoms with Crippen LogP contribution < -0.4 is 10.6 Å². The van der Waals surface area contributed by atoms with E-state index in [-0.39, 0.29) is 22.2 Å². The molecule has 1 aromatic heterocycles. The van der Waals surface area contributed by atoms with Gasteiger partial charge in [0, 0.05) is 11.1 Å². The summed E-state index contributed by atoms with van der Waals surface area (Å²) in [5.74, 6) is -2.16. The fraction of sp³-hybridized carbons (Fsp3) is 0.250. The van der Waals surface area contributed by atoms with Gasteiger partial charge in [-0.3, -0.25) is 19.3 Å². The van der Waals surface area contributed by atoms with E-state index < -0.39 is 29.2 Å². The molecule has 11 nitrogen and oxygen atoms in total. The minimum Gasteiger partial charge on any atom is -0.477 e. The van der Waals surface area contributed by atoms with Crippen molar-refractivity contribution in [1.29, 1.82) is 0 Å². The topological polar surface area (TPSA) is 150 Å². The van der Waals surface area contributed by atoms with Crippen molar-refractivity contribution >= 4 is 58.1 Å². The van der Waals surface area contributed by atoms with E-state index in [1.54, 1.807) is 0 Å². The zero-order valence-electron chi connectivity index (χ0n) is 14.9. The van der Waals surface area contributed by atoms with E-state index in [1.165, 1.54) is 30.3 Å². The molecule has 1 aromatic rings. The molecule has 0 saturated carbocycles. The van der Waals surface area contributed by atoms with Crippen molar-refractivity contribution < 1.29 is 29.1 Å². The first-order chi connectivity index (χ1) is 13.9. The van der Waals surface area contributed by atoms with Crippen LogP contribution in [0.25, 0.3) is 0 Å². The number of anilines is 1. The molecule has 3 heterocycles.